The standard InChI is InChI=1S/C16H19N3O6S/c1-2-25-15(22)16(7-3-4-8-16)19-26(23,24)10-5-6-11-12(9-10)18-14(21)13(20)17-11/h5-6,9,19H,2-4,7-8H2,1H3,(H,17,20)(H,18,21). The molecule has 1 aromatic heterocycles. The topological polar surface area (TPSA) is 138 Å². The molecular formula is C16H19N3O6S. The summed E-state index contributed by atoms with van der Waals surface area (Å²) in [4.78, 5) is 39.7. The van der Waals surface area contributed by atoms with Crippen LogP contribution in [0.5, 0.6) is 0 Å². The van der Waals surface area contributed by atoms with Crippen LogP contribution in [0.15, 0.2) is 32.7 Å². The van der Waals surface area contributed by atoms with E-state index in [0.29, 0.717) is 31.2 Å². The Morgan fingerprint density at radius 2 is 1.77 bits per heavy atom. The molecule has 3 N–H and O–H groups in total. The predicted octanol–water partition coefficient (Wildman–Crippen LogP) is 0.371. The molecule has 0 bridgehead atoms. The van der Waals surface area contributed by atoms with E-state index in [-0.39, 0.29) is 17.0 Å². The average molecular weight is 381 g/mol. The number of hydrogen-bond donors (Lipinski definition) is 3. The van der Waals surface area contributed by atoms with Gasteiger partial charge in [-0.3, -0.25) is 14.4 Å². The number of sulfonamides is 1. The fourth-order valence-electron chi connectivity index (χ4n) is 3.17. The Morgan fingerprint density at radius 1 is 1.15 bits per heavy atom. The van der Waals surface area contributed by atoms with Crippen LogP contribution in [0, 0.1) is 0 Å². The molecule has 1 aliphatic carbocycles. The molecule has 2 aromatic rings. The van der Waals surface area contributed by atoms with Gasteiger partial charge in [0.25, 0.3) is 0 Å². The van der Waals surface area contributed by atoms with Crippen LogP contribution in [0.4, 0.5) is 0 Å². The van der Waals surface area contributed by atoms with Crippen LogP contribution in [0.2, 0.25) is 0 Å². The van der Waals surface area contributed by atoms with Gasteiger partial charge in [-0.15, -0.1) is 0 Å². The van der Waals surface area contributed by atoms with Gasteiger partial charge in [-0.2, -0.15) is 4.72 Å². The zero-order chi connectivity index (χ0) is 18.9. The summed E-state index contributed by atoms with van der Waals surface area (Å²) in [5.41, 5.74) is -2.50. The second-order valence-electron chi connectivity index (χ2n) is 6.23. The van der Waals surface area contributed by atoms with Crippen molar-refractivity contribution in [3.63, 3.8) is 0 Å². The van der Waals surface area contributed by atoms with Crippen molar-refractivity contribution in [2.45, 2.75) is 43.0 Å². The molecule has 9 nitrogen and oxygen atoms in total. The van der Waals surface area contributed by atoms with Gasteiger partial charge in [0.05, 0.1) is 22.5 Å². The number of H-pyrrole nitrogens is 2. The highest BCUT2D eigenvalue weighted by Crippen LogP contribution is 2.32. The van der Waals surface area contributed by atoms with E-state index in [0.717, 1.165) is 0 Å². The zero-order valence-electron chi connectivity index (χ0n) is 14.1. The third kappa shape index (κ3) is 3.29. The second kappa shape index (κ2) is 6.69. The molecule has 1 aromatic carbocycles. The molecule has 26 heavy (non-hydrogen) atoms. The van der Waals surface area contributed by atoms with Gasteiger partial charge >= 0.3 is 17.1 Å². The van der Waals surface area contributed by atoms with Gasteiger partial charge in [-0.25, -0.2) is 8.42 Å². The van der Waals surface area contributed by atoms with Gasteiger partial charge in [0.2, 0.25) is 10.0 Å². The fraction of sp³-hybridized carbons (Fsp3) is 0.438. The highest BCUT2D eigenvalue weighted by molar-refractivity contribution is 7.89. The molecule has 1 saturated carbocycles. The summed E-state index contributed by atoms with van der Waals surface area (Å²) in [6, 6.07) is 3.92. The van der Waals surface area contributed by atoms with Crippen LogP contribution in [-0.2, 0) is 19.6 Å². The molecule has 140 valence electrons. The number of carbonyl (C=O) groups is 1. The SMILES string of the molecule is CCOC(=O)C1(NS(=O)(=O)c2ccc3[nH]c(=O)c(=O)[nH]c3c2)CCCC1. The Labute approximate surface area is 148 Å². The van der Waals surface area contributed by atoms with Gasteiger partial charge in [-0.1, -0.05) is 12.8 Å². The van der Waals surface area contributed by atoms with Crippen molar-refractivity contribution in [1.29, 1.82) is 0 Å². The fourth-order valence-corrected chi connectivity index (χ4v) is 4.61. The number of aromatic amines is 2. The quantitative estimate of drug-likeness (QED) is 0.505. The first-order valence-corrected chi connectivity index (χ1v) is 9.73. The lowest BCUT2D eigenvalue weighted by molar-refractivity contribution is -0.150. The summed E-state index contributed by atoms with van der Waals surface area (Å²) in [6.07, 6.45) is 2.16. The summed E-state index contributed by atoms with van der Waals surface area (Å²) in [7, 11) is -4.04. The van der Waals surface area contributed by atoms with Crippen molar-refractivity contribution in [3.8, 4) is 0 Å². The highest BCUT2D eigenvalue weighted by Gasteiger charge is 2.45. The van der Waals surface area contributed by atoms with Crippen molar-refractivity contribution in [2.24, 2.45) is 0 Å². The van der Waals surface area contributed by atoms with Crippen LogP contribution in [0.25, 0.3) is 11.0 Å². The van der Waals surface area contributed by atoms with Crippen LogP contribution in [-0.4, -0.2) is 36.5 Å². The minimum Gasteiger partial charge on any atom is -0.465 e. The van der Waals surface area contributed by atoms with Gasteiger partial charge in [0.15, 0.2) is 0 Å². The van der Waals surface area contributed by atoms with Crippen molar-refractivity contribution in [1.82, 2.24) is 14.7 Å². The van der Waals surface area contributed by atoms with Crippen molar-refractivity contribution < 1.29 is 17.9 Å². The highest BCUT2D eigenvalue weighted by atomic mass is 32.2. The smallest absolute Gasteiger partial charge is 0.327 e. The van der Waals surface area contributed by atoms with Crippen molar-refractivity contribution in [3.05, 3.63) is 38.9 Å². The molecule has 0 amide bonds. The first-order chi connectivity index (χ1) is 12.3. The monoisotopic (exact) mass is 381 g/mol. The van der Waals surface area contributed by atoms with E-state index in [9.17, 15) is 22.8 Å². The third-order valence-corrected chi connectivity index (χ3v) is 5.99. The number of carbonyl (C=O) groups excluding carboxylic acids is 1. The molecule has 1 fully saturated rings. The number of fused-ring (bicyclic) bond motifs is 1. The third-order valence-electron chi connectivity index (χ3n) is 4.46. The Balaban J connectivity index is 2.00. The molecule has 0 atom stereocenters. The molecule has 10 heteroatoms. The number of nitrogens with one attached hydrogen (secondary N) is 3. The summed E-state index contributed by atoms with van der Waals surface area (Å²) < 4.78 is 33.2. The molecular weight excluding hydrogens is 362 g/mol. The molecule has 0 unspecified atom stereocenters. The Kier molecular flexibility index (Phi) is 4.72. The Morgan fingerprint density at radius 3 is 2.38 bits per heavy atom. The van der Waals surface area contributed by atoms with E-state index >= 15 is 0 Å². The number of rotatable bonds is 5. The number of esters is 1. The lowest BCUT2D eigenvalue weighted by Gasteiger charge is -2.27. The minimum absolute atomic E-state index is 0.122. The molecule has 1 aliphatic rings. The zero-order valence-corrected chi connectivity index (χ0v) is 14.9. The minimum atomic E-state index is -4.04. The molecule has 3 rings (SSSR count). The Bertz CT molecular complexity index is 1060. The number of benzene rings is 1. The van der Waals surface area contributed by atoms with Gasteiger partial charge in [-0.05, 0) is 38.0 Å². The second-order valence-corrected chi connectivity index (χ2v) is 7.91. The van der Waals surface area contributed by atoms with E-state index in [4.69, 9.17) is 4.74 Å². The van der Waals surface area contributed by atoms with Gasteiger partial charge < -0.3 is 14.7 Å². The molecule has 1 heterocycles. The summed E-state index contributed by atoms with van der Waals surface area (Å²) in [5.74, 6) is -0.584. The number of hydrogen-bond acceptors (Lipinski definition) is 6. The summed E-state index contributed by atoms with van der Waals surface area (Å²) in [6.45, 7) is 1.82. The van der Waals surface area contributed by atoms with Crippen LogP contribution in [0.3, 0.4) is 0 Å². The molecule has 0 spiro atoms. The van der Waals surface area contributed by atoms with E-state index in [1.54, 1.807) is 6.92 Å². The van der Waals surface area contributed by atoms with Gasteiger partial charge in [0.1, 0.15) is 5.54 Å². The van der Waals surface area contributed by atoms with E-state index < -0.39 is 32.7 Å². The maximum Gasteiger partial charge on any atom is 0.327 e. The lowest BCUT2D eigenvalue weighted by atomic mass is 10.00. The summed E-state index contributed by atoms with van der Waals surface area (Å²) >= 11 is 0. The van der Waals surface area contributed by atoms with Gasteiger partial charge in [0, 0.05) is 0 Å². The predicted molar refractivity (Wildman–Crippen MR) is 93.3 cm³/mol. The maximum atomic E-state index is 12.8. The molecule has 0 aliphatic heterocycles. The van der Waals surface area contributed by atoms with Crippen LogP contribution < -0.4 is 15.8 Å². The summed E-state index contributed by atoms with van der Waals surface area (Å²) in [5, 5.41) is 0. The number of aromatic nitrogens is 2. The largest absolute Gasteiger partial charge is 0.465 e. The van der Waals surface area contributed by atoms with E-state index in [1.165, 1.54) is 18.2 Å². The Hall–Kier alpha value is -2.46. The first kappa shape index (κ1) is 18.3. The lowest BCUT2D eigenvalue weighted by Crippen LogP contribution is -2.53. The molecule has 0 radical (unpaired) electrons. The maximum absolute atomic E-state index is 12.8. The molecule has 0 saturated heterocycles. The van der Waals surface area contributed by atoms with Crippen molar-refractivity contribution in [2.75, 3.05) is 6.61 Å². The van der Waals surface area contributed by atoms with Crippen molar-refractivity contribution >= 4 is 27.0 Å². The van der Waals surface area contributed by atoms with E-state index in [1.807, 2.05) is 0 Å². The van der Waals surface area contributed by atoms with Crippen LogP contribution in [0.1, 0.15) is 32.6 Å². The van der Waals surface area contributed by atoms with E-state index in [2.05, 4.69) is 14.7 Å². The normalized spacial score (nSPS) is 16.7. The van der Waals surface area contributed by atoms with Crippen LogP contribution >= 0.6 is 0 Å². The first-order valence-electron chi connectivity index (χ1n) is 8.25. The average Bonchev–Trinajstić information content (AvgIpc) is 3.05. The number of ether oxygens (including phenoxy) is 1.